The summed E-state index contributed by atoms with van der Waals surface area (Å²) >= 11 is 1.69. The zero-order chi connectivity index (χ0) is 6.69. The third-order valence-electron chi connectivity index (χ3n) is 1.27. The summed E-state index contributed by atoms with van der Waals surface area (Å²) in [5.41, 5.74) is 1.16. The van der Waals surface area contributed by atoms with E-state index in [1.165, 1.54) is 4.88 Å². The molecule has 0 spiro atoms. The number of thiophene rings is 1. The second-order valence-electron chi connectivity index (χ2n) is 1.87. The first-order valence-electron chi connectivity index (χ1n) is 2.81. The molecule has 0 atom stereocenters. The predicted octanol–water partition coefficient (Wildman–Crippen LogP) is 1.80. The quantitative estimate of drug-likeness (QED) is 0.572. The van der Waals surface area contributed by atoms with Crippen molar-refractivity contribution in [2.45, 2.75) is 13.3 Å². The Balaban J connectivity index is 2.80. The largest absolute Gasteiger partial charge is 0.303 e. The molecule has 0 aliphatic rings. The van der Waals surface area contributed by atoms with Crippen LogP contribution in [0, 0.1) is 6.92 Å². The van der Waals surface area contributed by atoms with Gasteiger partial charge in [0.15, 0.2) is 0 Å². The molecule has 0 bridgehead atoms. The van der Waals surface area contributed by atoms with Crippen LogP contribution >= 0.6 is 11.3 Å². The molecule has 9 heavy (non-hydrogen) atoms. The Morgan fingerprint density at radius 1 is 1.78 bits per heavy atom. The summed E-state index contributed by atoms with van der Waals surface area (Å²) < 4.78 is 0. The molecule has 1 rings (SSSR count). The van der Waals surface area contributed by atoms with Gasteiger partial charge in [0, 0.05) is 11.3 Å². The molecule has 0 aliphatic carbocycles. The molecule has 1 aromatic heterocycles. The smallest absolute Gasteiger partial charge is 0.124 e. The maximum absolute atomic E-state index is 10.0. The van der Waals surface area contributed by atoms with Crippen molar-refractivity contribution in [3.05, 3.63) is 21.9 Å². The number of aryl methyl sites for hydroxylation is 1. The Labute approximate surface area is 58.3 Å². The number of carbonyl (C=O) groups excluding carboxylic acids is 1. The highest BCUT2D eigenvalue weighted by Gasteiger charge is 1.95. The predicted molar refractivity (Wildman–Crippen MR) is 38.8 cm³/mol. The molecule has 0 saturated carbocycles. The molecule has 1 aromatic rings. The average molecular weight is 140 g/mol. The number of carbonyl (C=O) groups is 1. The first-order chi connectivity index (χ1) is 4.34. The minimum Gasteiger partial charge on any atom is -0.303 e. The van der Waals surface area contributed by atoms with E-state index in [0.29, 0.717) is 6.42 Å². The molecule has 1 heterocycles. The fraction of sp³-hybridized carbons (Fsp3) is 0.286. The molecule has 0 radical (unpaired) electrons. The normalized spacial score (nSPS) is 9.44. The molecule has 0 unspecified atom stereocenters. The van der Waals surface area contributed by atoms with Gasteiger partial charge in [-0.25, -0.2) is 0 Å². The van der Waals surface area contributed by atoms with Crippen LogP contribution in [0.2, 0.25) is 0 Å². The fourth-order valence-corrected chi connectivity index (χ4v) is 1.45. The van der Waals surface area contributed by atoms with Gasteiger partial charge in [0.1, 0.15) is 6.29 Å². The van der Waals surface area contributed by atoms with Gasteiger partial charge >= 0.3 is 0 Å². The second kappa shape index (κ2) is 2.78. The van der Waals surface area contributed by atoms with Gasteiger partial charge in [0.05, 0.1) is 0 Å². The lowest BCUT2D eigenvalue weighted by molar-refractivity contribution is -0.107. The number of hydrogen-bond donors (Lipinski definition) is 0. The zero-order valence-corrected chi connectivity index (χ0v) is 6.07. The SMILES string of the molecule is Cc1sccc1CC=O. The minimum atomic E-state index is 0.565. The lowest BCUT2D eigenvalue weighted by atomic mass is 10.2. The lowest BCUT2D eigenvalue weighted by Gasteiger charge is -1.87. The van der Waals surface area contributed by atoms with Crippen molar-refractivity contribution in [3.8, 4) is 0 Å². The Hall–Kier alpha value is -0.630. The van der Waals surface area contributed by atoms with Crippen LogP contribution in [0.4, 0.5) is 0 Å². The van der Waals surface area contributed by atoms with Gasteiger partial charge in [-0.3, -0.25) is 0 Å². The molecular formula is C7H8OS. The van der Waals surface area contributed by atoms with Crippen molar-refractivity contribution in [2.75, 3.05) is 0 Å². The van der Waals surface area contributed by atoms with E-state index in [2.05, 4.69) is 0 Å². The summed E-state index contributed by atoms with van der Waals surface area (Å²) in [5, 5.41) is 2.01. The van der Waals surface area contributed by atoms with Crippen LogP contribution in [0.1, 0.15) is 10.4 Å². The Morgan fingerprint density at radius 2 is 2.56 bits per heavy atom. The standard InChI is InChI=1S/C7H8OS/c1-6-7(2-4-8)3-5-9-6/h3-5H,2H2,1H3. The van der Waals surface area contributed by atoms with Crippen molar-refractivity contribution in [2.24, 2.45) is 0 Å². The summed E-state index contributed by atoms with van der Waals surface area (Å²) in [6, 6.07) is 1.99. The van der Waals surface area contributed by atoms with Gasteiger partial charge in [-0.05, 0) is 23.9 Å². The van der Waals surface area contributed by atoms with Crippen LogP contribution < -0.4 is 0 Å². The van der Waals surface area contributed by atoms with Crippen LogP contribution in [-0.2, 0) is 11.2 Å². The summed E-state index contributed by atoms with van der Waals surface area (Å²) in [4.78, 5) is 11.3. The highest BCUT2D eigenvalue weighted by molar-refractivity contribution is 7.10. The van der Waals surface area contributed by atoms with Gasteiger partial charge in [-0.15, -0.1) is 11.3 Å². The van der Waals surface area contributed by atoms with E-state index in [4.69, 9.17) is 0 Å². The molecule has 0 N–H and O–H groups in total. The maximum atomic E-state index is 10.0. The minimum absolute atomic E-state index is 0.565. The third kappa shape index (κ3) is 1.39. The first-order valence-corrected chi connectivity index (χ1v) is 3.69. The van der Waals surface area contributed by atoms with Crippen LogP contribution in [0.5, 0.6) is 0 Å². The number of hydrogen-bond acceptors (Lipinski definition) is 2. The fourth-order valence-electron chi connectivity index (χ4n) is 0.713. The number of aldehydes is 1. The Kier molecular flexibility index (Phi) is 2.01. The van der Waals surface area contributed by atoms with Crippen molar-refractivity contribution in [1.29, 1.82) is 0 Å². The summed E-state index contributed by atoms with van der Waals surface area (Å²) in [5.74, 6) is 0. The Bertz CT molecular complexity index is 202. The monoisotopic (exact) mass is 140 g/mol. The molecule has 1 nitrogen and oxygen atoms in total. The van der Waals surface area contributed by atoms with Crippen molar-refractivity contribution < 1.29 is 4.79 Å². The molecule has 0 aliphatic heterocycles. The highest BCUT2D eigenvalue weighted by Crippen LogP contribution is 2.14. The van der Waals surface area contributed by atoms with Crippen molar-refractivity contribution in [3.63, 3.8) is 0 Å². The summed E-state index contributed by atoms with van der Waals surface area (Å²) in [6.45, 7) is 2.03. The summed E-state index contributed by atoms with van der Waals surface area (Å²) in [6.07, 6.45) is 1.50. The zero-order valence-electron chi connectivity index (χ0n) is 5.26. The topological polar surface area (TPSA) is 17.1 Å². The highest BCUT2D eigenvalue weighted by atomic mass is 32.1. The van der Waals surface area contributed by atoms with E-state index in [-0.39, 0.29) is 0 Å². The van der Waals surface area contributed by atoms with E-state index < -0.39 is 0 Å². The van der Waals surface area contributed by atoms with E-state index >= 15 is 0 Å². The maximum Gasteiger partial charge on any atom is 0.124 e. The van der Waals surface area contributed by atoms with Crippen LogP contribution in [0.25, 0.3) is 0 Å². The number of rotatable bonds is 2. The Morgan fingerprint density at radius 3 is 3.00 bits per heavy atom. The van der Waals surface area contributed by atoms with Gasteiger partial charge in [-0.1, -0.05) is 0 Å². The van der Waals surface area contributed by atoms with Gasteiger partial charge in [-0.2, -0.15) is 0 Å². The van der Waals surface area contributed by atoms with E-state index in [1.54, 1.807) is 11.3 Å². The van der Waals surface area contributed by atoms with E-state index in [0.717, 1.165) is 11.8 Å². The molecule has 0 aromatic carbocycles. The first kappa shape index (κ1) is 6.49. The van der Waals surface area contributed by atoms with Gasteiger partial charge in [0.25, 0.3) is 0 Å². The molecule has 0 fully saturated rings. The molecule has 0 amide bonds. The summed E-state index contributed by atoms with van der Waals surface area (Å²) in [7, 11) is 0. The molecular weight excluding hydrogens is 132 g/mol. The lowest BCUT2D eigenvalue weighted by Crippen LogP contribution is -1.82. The average Bonchev–Trinajstić information content (AvgIpc) is 2.18. The van der Waals surface area contributed by atoms with Crippen LogP contribution in [-0.4, -0.2) is 6.29 Å². The van der Waals surface area contributed by atoms with E-state index in [9.17, 15) is 4.79 Å². The van der Waals surface area contributed by atoms with Crippen molar-refractivity contribution >= 4 is 17.6 Å². The molecule has 0 saturated heterocycles. The second-order valence-corrected chi connectivity index (χ2v) is 2.99. The van der Waals surface area contributed by atoms with Crippen LogP contribution in [0.3, 0.4) is 0 Å². The van der Waals surface area contributed by atoms with Crippen molar-refractivity contribution in [1.82, 2.24) is 0 Å². The van der Waals surface area contributed by atoms with Gasteiger partial charge in [0.2, 0.25) is 0 Å². The van der Waals surface area contributed by atoms with E-state index in [1.807, 2.05) is 18.4 Å². The van der Waals surface area contributed by atoms with Crippen LogP contribution in [0.15, 0.2) is 11.4 Å². The molecule has 48 valence electrons. The van der Waals surface area contributed by atoms with Gasteiger partial charge < -0.3 is 4.79 Å². The third-order valence-corrected chi connectivity index (χ3v) is 2.16. The molecule has 2 heteroatoms.